The number of amides is 4. The molecule has 2 aliphatic rings. The van der Waals surface area contributed by atoms with Gasteiger partial charge in [0.15, 0.2) is 0 Å². The van der Waals surface area contributed by atoms with E-state index < -0.39 is 11.6 Å². The maximum Gasteiger partial charge on any atom is 0.325 e. The molecule has 0 aliphatic carbocycles. The number of hydrogen-bond acceptors (Lipinski definition) is 4. The van der Waals surface area contributed by atoms with Gasteiger partial charge in [-0.25, -0.2) is 4.79 Å². The van der Waals surface area contributed by atoms with Crippen molar-refractivity contribution in [2.24, 2.45) is 0 Å². The molecule has 1 aromatic carbocycles. The topological polar surface area (TPSA) is 79.0 Å². The van der Waals surface area contributed by atoms with E-state index in [4.69, 9.17) is 4.74 Å². The first-order chi connectivity index (χ1) is 12.5. The summed E-state index contributed by atoms with van der Waals surface area (Å²) < 4.78 is 5.15. The molecule has 0 spiro atoms. The number of urea groups is 1. The summed E-state index contributed by atoms with van der Waals surface area (Å²) in [6.45, 7) is 3.03. The normalized spacial score (nSPS) is 23.2. The number of rotatable bonds is 5. The highest BCUT2D eigenvalue weighted by atomic mass is 16.5. The smallest absolute Gasteiger partial charge is 0.325 e. The van der Waals surface area contributed by atoms with Gasteiger partial charge in [0.2, 0.25) is 5.91 Å². The zero-order valence-corrected chi connectivity index (χ0v) is 15.3. The second-order valence-corrected chi connectivity index (χ2v) is 6.75. The SMILES string of the molecule is CC[C@]1(c2ccc(OC)cc2)NC(=O)N(CC(=O)N2CCCCC2)C1=O. The van der Waals surface area contributed by atoms with Gasteiger partial charge in [0.1, 0.15) is 17.8 Å². The number of nitrogens with zero attached hydrogens (tertiary/aromatic N) is 2. The third-order valence-electron chi connectivity index (χ3n) is 5.29. The van der Waals surface area contributed by atoms with Gasteiger partial charge in [0.05, 0.1) is 7.11 Å². The lowest BCUT2D eigenvalue weighted by Gasteiger charge is -2.29. The number of nitrogens with one attached hydrogen (secondary N) is 1. The zero-order chi connectivity index (χ0) is 18.7. The summed E-state index contributed by atoms with van der Waals surface area (Å²) in [6, 6.07) is 6.55. The van der Waals surface area contributed by atoms with Crippen molar-refractivity contribution in [1.82, 2.24) is 15.1 Å². The lowest BCUT2D eigenvalue weighted by molar-refractivity contribution is -0.139. The fourth-order valence-electron chi connectivity index (χ4n) is 3.66. The van der Waals surface area contributed by atoms with Crippen LogP contribution in [0.4, 0.5) is 4.79 Å². The van der Waals surface area contributed by atoms with Gasteiger partial charge in [-0.2, -0.15) is 0 Å². The van der Waals surface area contributed by atoms with E-state index in [1.165, 1.54) is 0 Å². The highest BCUT2D eigenvalue weighted by molar-refractivity contribution is 6.09. The van der Waals surface area contributed by atoms with Crippen molar-refractivity contribution in [1.29, 1.82) is 0 Å². The van der Waals surface area contributed by atoms with Crippen LogP contribution in [0.2, 0.25) is 0 Å². The van der Waals surface area contributed by atoms with Crippen molar-refractivity contribution in [3.8, 4) is 5.75 Å². The van der Waals surface area contributed by atoms with Crippen LogP contribution in [0, 0.1) is 0 Å². The van der Waals surface area contributed by atoms with Crippen molar-refractivity contribution < 1.29 is 19.1 Å². The summed E-state index contributed by atoms with van der Waals surface area (Å²) in [5, 5.41) is 2.80. The Morgan fingerprint density at radius 2 is 1.81 bits per heavy atom. The highest BCUT2D eigenvalue weighted by Crippen LogP contribution is 2.33. The molecule has 0 saturated carbocycles. The van der Waals surface area contributed by atoms with Crippen LogP contribution in [0.25, 0.3) is 0 Å². The lowest BCUT2D eigenvalue weighted by atomic mass is 9.87. The molecule has 0 radical (unpaired) electrons. The number of benzene rings is 1. The van der Waals surface area contributed by atoms with E-state index >= 15 is 0 Å². The maximum absolute atomic E-state index is 13.1. The van der Waals surface area contributed by atoms with E-state index in [1.807, 2.05) is 6.92 Å². The second-order valence-electron chi connectivity index (χ2n) is 6.75. The second kappa shape index (κ2) is 7.35. The Balaban J connectivity index is 1.80. The Kier molecular flexibility index (Phi) is 5.15. The molecule has 0 bridgehead atoms. The summed E-state index contributed by atoms with van der Waals surface area (Å²) in [4.78, 5) is 40.8. The van der Waals surface area contributed by atoms with Gasteiger partial charge < -0.3 is 15.0 Å². The predicted molar refractivity (Wildman–Crippen MR) is 95.6 cm³/mol. The number of hydrogen-bond donors (Lipinski definition) is 1. The van der Waals surface area contributed by atoms with Crippen LogP contribution in [0.1, 0.15) is 38.2 Å². The van der Waals surface area contributed by atoms with E-state index in [1.54, 1.807) is 36.3 Å². The van der Waals surface area contributed by atoms with Gasteiger partial charge in [-0.3, -0.25) is 14.5 Å². The number of carbonyl (C=O) groups excluding carboxylic acids is 3. The third-order valence-corrected chi connectivity index (χ3v) is 5.29. The van der Waals surface area contributed by atoms with Gasteiger partial charge in [0, 0.05) is 13.1 Å². The molecule has 7 nitrogen and oxygen atoms in total. The summed E-state index contributed by atoms with van der Waals surface area (Å²) in [7, 11) is 1.57. The summed E-state index contributed by atoms with van der Waals surface area (Å²) in [5.41, 5.74) is -0.446. The Morgan fingerprint density at radius 1 is 1.15 bits per heavy atom. The summed E-state index contributed by atoms with van der Waals surface area (Å²) in [5.74, 6) is 0.129. The van der Waals surface area contributed by atoms with Gasteiger partial charge >= 0.3 is 6.03 Å². The molecule has 140 valence electrons. The number of piperidine rings is 1. The molecule has 2 aliphatic heterocycles. The van der Waals surface area contributed by atoms with Crippen molar-refractivity contribution >= 4 is 17.8 Å². The average molecular weight is 359 g/mol. The average Bonchev–Trinajstić information content (AvgIpc) is 2.93. The van der Waals surface area contributed by atoms with Crippen molar-refractivity contribution in [2.45, 2.75) is 38.1 Å². The van der Waals surface area contributed by atoms with Crippen LogP contribution in [-0.4, -0.2) is 54.4 Å². The first kappa shape index (κ1) is 18.2. The molecule has 1 aromatic rings. The Bertz CT molecular complexity index is 697. The molecule has 2 fully saturated rings. The Labute approximate surface area is 153 Å². The van der Waals surface area contributed by atoms with E-state index in [0.717, 1.165) is 24.2 Å². The van der Waals surface area contributed by atoms with Gasteiger partial charge in [-0.1, -0.05) is 19.1 Å². The van der Waals surface area contributed by atoms with Crippen LogP contribution in [0.3, 0.4) is 0 Å². The van der Waals surface area contributed by atoms with Crippen molar-refractivity contribution in [3.63, 3.8) is 0 Å². The minimum absolute atomic E-state index is 0.171. The molecule has 2 saturated heterocycles. The first-order valence-electron chi connectivity index (χ1n) is 9.08. The molecule has 0 unspecified atom stereocenters. The maximum atomic E-state index is 13.1. The minimum atomic E-state index is -1.13. The first-order valence-corrected chi connectivity index (χ1v) is 9.08. The largest absolute Gasteiger partial charge is 0.497 e. The highest BCUT2D eigenvalue weighted by Gasteiger charge is 2.51. The van der Waals surface area contributed by atoms with Gasteiger partial charge in [-0.15, -0.1) is 0 Å². The molecule has 0 aromatic heterocycles. The summed E-state index contributed by atoms with van der Waals surface area (Å²) in [6.07, 6.45) is 3.45. The Hall–Kier alpha value is -2.57. The van der Waals surface area contributed by atoms with E-state index in [-0.39, 0.29) is 18.4 Å². The quantitative estimate of drug-likeness (QED) is 0.814. The summed E-state index contributed by atoms with van der Waals surface area (Å²) >= 11 is 0. The van der Waals surface area contributed by atoms with Crippen molar-refractivity contribution in [2.75, 3.05) is 26.7 Å². The fourth-order valence-corrected chi connectivity index (χ4v) is 3.66. The van der Waals surface area contributed by atoms with Crippen LogP contribution in [-0.2, 0) is 15.1 Å². The van der Waals surface area contributed by atoms with Gasteiger partial charge in [-0.05, 0) is 43.4 Å². The fraction of sp³-hybridized carbons (Fsp3) is 0.526. The third kappa shape index (κ3) is 3.13. The molecule has 1 atom stereocenters. The molecule has 2 heterocycles. The predicted octanol–water partition coefficient (Wildman–Crippen LogP) is 1.86. The Morgan fingerprint density at radius 3 is 2.38 bits per heavy atom. The lowest BCUT2D eigenvalue weighted by Crippen LogP contribution is -2.46. The number of likely N-dealkylation sites (tertiary alicyclic amines) is 1. The van der Waals surface area contributed by atoms with Crippen LogP contribution >= 0.6 is 0 Å². The minimum Gasteiger partial charge on any atom is -0.497 e. The molecular formula is C19H25N3O4. The van der Waals surface area contributed by atoms with E-state index in [2.05, 4.69) is 5.32 Å². The van der Waals surface area contributed by atoms with Crippen LogP contribution in [0.15, 0.2) is 24.3 Å². The molecule has 4 amide bonds. The van der Waals surface area contributed by atoms with Gasteiger partial charge in [0.25, 0.3) is 5.91 Å². The standard InChI is InChI=1S/C19H25N3O4/c1-3-19(14-7-9-15(26-2)10-8-14)17(24)22(18(25)20-19)13-16(23)21-11-5-4-6-12-21/h7-10H,3-6,11-13H2,1-2H3,(H,20,25)/t19-/m1/s1. The number of carbonyl (C=O) groups is 3. The molecular weight excluding hydrogens is 334 g/mol. The molecule has 26 heavy (non-hydrogen) atoms. The monoisotopic (exact) mass is 359 g/mol. The number of ether oxygens (including phenoxy) is 1. The zero-order valence-electron chi connectivity index (χ0n) is 15.3. The molecule has 3 rings (SSSR count). The van der Waals surface area contributed by atoms with E-state index in [0.29, 0.717) is 30.8 Å². The number of imide groups is 1. The number of methoxy groups -OCH3 is 1. The van der Waals surface area contributed by atoms with Crippen LogP contribution in [0.5, 0.6) is 5.75 Å². The van der Waals surface area contributed by atoms with Crippen molar-refractivity contribution in [3.05, 3.63) is 29.8 Å². The van der Waals surface area contributed by atoms with E-state index in [9.17, 15) is 14.4 Å². The molecule has 7 heteroatoms. The van der Waals surface area contributed by atoms with Crippen LogP contribution < -0.4 is 10.1 Å². The molecule has 1 N–H and O–H groups in total.